The van der Waals surface area contributed by atoms with Gasteiger partial charge in [0.15, 0.2) is 4.96 Å². The van der Waals surface area contributed by atoms with Gasteiger partial charge in [0, 0.05) is 35.6 Å². The van der Waals surface area contributed by atoms with Crippen LogP contribution in [0.1, 0.15) is 0 Å². The molecule has 0 aliphatic rings. The number of aliphatic hydroxyl groups is 1. The molecule has 4 nitrogen and oxygen atoms in total. The lowest BCUT2D eigenvalue weighted by Gasteiger charge is -2.10. The number of nitrogens with zero attached hydrogens (tertiary/aromatic N) is 2. The van der Waals surface area contributed by atoms with Gasteiger partial charge in [0.1, 0.15) is 0 Å². The molecule has 3 rings (SSSR count). The quantitative estimate of drug-likeness (QED) is 0.712. The Morgan fingerprint density at radius 1 is 1.35 bits per heavy atom. The number of nitrogens with one attached hydrogen (secondary N) is 1. The molecule has 0 aliphatic heterocycles. The van der Waals surface area contributed by atoms with Crippen LogP contribution in [0.2, 0.25) is 0 Å². The Kier molecular flexibility index (Phi) is 3.91. The average molecular weight is 308 g/mol. The van der Waals surface area contributed by atoms with Gasteiger partial charge < -0.3 is 10.4 Å². The smallest absolute Gasteiger partial charge is 0.194 e. The van der Waals surface area contributed by atoms with Crippen molar-refractivity contribution in [2.45, 2.75) is 6.10 Å². The van der Waals surface area contributed by atoms with E-state index in [-0.39, 0.29) is 5.88 Å². The highest BCUT2D eigenvalue weighted by atomic mass is 35.5. The number of anilines is 1. The molecule has 2 heterocycles. The highest BCUT2D eigenvalue weighted by Crippen LogP contribution is 2.23. The van der Waals surface area contributed by atoms with Crippen molar-refractivity contribution in [3.8, 4) is 11.3 Å². The number of hydrogen-bond acceptors (Lipinski definition) is 4. The van der Waals surface area contributed by atoms with Crippen molar-refractivity contribution in [1.29, 1.82) is 0 Å². The van der Waals surface area contributed by atoms with Gasteiger partial charge in [-0.05, 0) is 12.1 Å². The summed E-state index contributed by atoms with van der Waals surface area (Å²) in [5.41, 5.74) is 2.99. The molecule has 0 fully saturated rings. The molecule has 0 bridgehead atoms. The Labute approximate surface area is 125 Å². The number of alkyl halides is 1. The van der Waals surface area contributed by atoms with Crippen LogP contribution in [0.3, 0.4) is 0 Å². The van der Waals surface area contributed by atoms with Gasteiger partial charge in [-0.15, -0.1) is 22.9 Å². The molecule has 0 spiro atoms. The summed E-state index contributed by atoms with van der Waals surface area (Å²) in [5, 5.41) is 14.6. The number of hydrogen-bond donors (Lipinski definition) is 2. The van der Waals surface area contributed by atoms with Crippen LogP contribution in [0.5, 0.6) is 0 Å². The minimum absolute atomic E-state index is 0.233. The molecule has 6 heteroatoms. The van der Waals surface area contributed by atoms with E-state index in [4.69, 9.17) is 11.6 Å². The first-order valence-electron chi connectivity index (χ1n) is 6.27. The molecular formula is C14H14ClN3OS. The predicted molar refractivity (Wildman–Crippen MR) is 83.7 cm³/mol. The molecule has 0 saturated carbocycles. The first-order chi connectivity index (χ1) is 9.76. The van der Waals surface area contributed by atoms with Crippen molar-refractivity contribution >= 4 is 33.6 Å². The minimum Gasteiger partial charge on any atom is -0.390 e. The second-order valence-corrected chi connectivity index (χ2v) is 5.67. The van der Waals surface area contributed by atoms with Crippen LogP contribution >= 0.6 is 22.9 Å². The second kappa shape index (κ2) is 5.83. The number of aromatic nitrogens is 2. The predicted octanol–water partition coefficient (Wildman–Crippen LogP) is 3.07. The molecule has 20 heavy (non-hydrogen) atoms. The van der Waals surface area contributed by atoms with Crippen LogP contribution in [-0.4, -0.2) is 33.0 Å². The number of benzene rings is 1. The highest BCUT2D eigenvalue weighted by Gasteiger charge is 2.05. The molecular weight excluding hydrogens is 294 g/mol. The second-order valence-electron chi connectivity index (χ2n) is 4.49. The number of rotatable bonds is 5. The monoisotopic (exact) mass is 307 g/mol. The van der Waals surface area contributed by atoms with Crippen molar-refractivity contribution < 1.29 is 5.11 Å². The Hall–Kier alpha value is -1.56. The lowest BCUT2D eigenvalue weighted by molar-refractivity contribution is 0.211. The Morgan fingerprint density at radius 3 is 2.85 bits per heavy atom. The topological polar surface area (TPSA) is 49.6 Å². The van der Waals surface area contributed by atoms with Crippen molar-refractivity contribution in [3.63, 3.8) is 0 Å². The fourth-order valence-corrected chi connectivity index (χ4v) is 2.72. The van der Waals surface area contributed by atoms with E-state index < -0.39 is 6.10 Å². The summed E-state index contributed by atoms with van der Waals surface area (Å²) in [6, 6.07) is 7.98. The standard InChI is InChI=1S/C14H14ClN3OS/c15-7-12(19)8-16-11-3-1-10(2-4-11)13-9-18-5-6-20-14(18)17-13/h1-6,9,12,16,19H,7-8H2. The van der Waals surface area contributed by atoms with Crippen LogP contribution in [0.15, 0.2) is 42.0 Å². The molecule has 0 aliphatic carbocycles. The minimum atomic E-state index is -0.531. The van der Waals surface area contributed by atoms with Gasteiger partial charge in [-0.25, -0.2) is 4.98 Å². The molecule has 2 N–H and O–H groups in total. The Balaban J connectivity index is 1.74. The van der Waals surface area contributed by atoms with Gasteiger partial charge in [-0.1, -0.05) is 12.1 Å². The van der Waals surface area contributed by atoms with Crippen LogP contribution in [-0.2, 0) is 0 Å². The van der Waals surface area contributed by atoms with Gasteiger partial charge in [-0.3, -0.25) is 4.40 Å². The van der Waals surface area contributed by atoms with Crippen LogP contribution in [0.25, 0.3) is 16.2 Å². The van der Waals surface area contributed by atoms with Gasteiger partial charge in [-0.2, -0.15) is 0 Å². The summed E-state index contributed by atoms with van der Waals surface area (Å²) in [4.78, 5) is 5.56. The molecule has 1 aromatic carbocycles. The molecule has 2 aromatic heterocycles. The van der Waals surface area contributed by atoms with E-state index in [9.17, 15) is 5.11 Å². The Bertz CT molecular complexity index is 663. The van der Waals surface area contributed by atoms with Crippen LogP contribution in [0, 0.1) is 0 Å². The van der Waals surface area contributed by atoms with Crippen molar-refractivity contribution in [2.75, 3.05) is 17.7 Å². The zero-order valence-electron chi connectivity index (χ0n) is 10.7. The summed E-state index contributed by atoms with van der Waals surface area (Å²) in [6.07, 6.45) is 3.49. The SMILES string of the molecule is OC(CCl)CNc1ccc(-c2cn3ccsc3n2)cc1. The Morgan fingerprint density at radius 2 is 2.15 bits per heavy atom. The molecule has 1 atom stereocenters. The van der Waals surface area contributed by atoms with E-state index in [1.807, 2.05) is 46.4 Å². The molecule has 104 valence electrons. The van der Waals surface area contributed by atoms with Crippen molar-refractivity contribution in [1.82, 2.24) is 9.38 Å². The third-order valence-corrected chi connectivity index (χ3v) is 4.12. The first-order valence-corrected chi connectivity index (χ1v) is 7.68. The maximum atomic E-state index is 9.40. The largest absolute Gasteiger partial charge is 0.390 e. The van der Waals surface area contributed by atoms with E-state index in [0.29, 0.717) is 6.54 Å². The van der Waals surface area contributed by atoms with Crippen LogP contribution < -0.4 is 5.32 Å². The van der Waals surface area contributed by atoms with Gasteiger partial charge in [0.25, 0.3) is 0 Å². The normalized spacial score (nSPS) is 12.7. The number of halogens is 1. The zero-order valence-corrected chi connectivity index (χ0v) is 12.2. The molecule has 0 radical (unpaired) electrons. The van der Waals surface area contributed by atoms with Gasteiger partial charge >= 0.3 is 0 Å². The maximum Gasteiger partial charge on any atom is 0.194 e. The number of thiazole rings is 1. The third-order valence-electron chi connectivity index (χ3n) is 2.99. The van der Waals surface area contributed by atoms with E-state index >= 15 is 0 Å². The fraction of sp³-hybridized carbons (Fsp3) is 0.214. The molecule has 3 aromatic rings. The van der Waals surface area contributed by atoms with Gasteiger partial charge in [0.05, 0.1) is 17.7 Å². The van der Waals surface area contributed by atoms with E-state index in [0.717, 1.165) is 21.9 Å². The van der Waals surface area contributed by atoms with E-state index in [1.165, 1.54) is 0 Å². The average Bonchev–Trinajstić information content (AvgIpc) is 3.06. The number of fused-ring (bicyclic) bond motifs is 1. The van der Waals surface area contributed by atoms with E-state index in [2.05, 4.69) is 10.3 Å². The maximum absolute atomic E-state index is 9.40. The summed E-state index contributed by atoms with van der Waals surface area (Å²) in [7, 11) is 0. The van der Waals surface area contributed by atoms with Crippen LogP contribution in [0.4, 0.5) is 5.69 Å². The lowest BCUT2D eigenvalue weighted by atomic mass is 10.1. The summed E-state index contributed by atoms with van der Waals surface area (Å²) in [6.45, 7) is 0.447. The number of aliphatic hydroxyl groups excluding tert-OH is 1. The first kappa shape index (κ1) is 13.4. The zero-order chi connectivity index (χ0) is 13.9. The third kappa shape index (κ3) is 2.80. The van der Waals surface area contributed by atoms with Crippen molar-refractivity contribution in [2.24, 2.45) is 0 Å². The molecule has 0 saturated heterocycles. The highest BCUT2D eigenvalue weighted by molar-refractivity contribution is 7.15. The van der Waals surface area contributed by atoms with Gasteiger partial charge in [0.2, 0.25) is 0 Å². The van der Waals surface area contributed by atoms with E-state index in [1.54, 1.807) is 11.3 Å². The number of imidazole rings is 1. The van der Waals surface area contributed by atoms with Crippen molar-refractivity contribution in [3.05, 3.63) is 42.0 Å². The summed E-state index contributed by atoms with van der Waals surface area (Å²) >= 11 is 7.17. The summed E-state index contributed by atoms with van der Waals surface area (Å²) in [5.74, 6) is 0.233. The molecule has 1 unspecified atom stereocenters. The molecule has 0 amide bonds. The summed E-state index contributed by atoms with van der Waals surface area (Å²) < 4.78 is 2.02. The fourth-order valence-electron chi connectivity index (χ4n) is 1.92. The lowest BCUT2D eigenvalue weighted by Crippen LogP contribution is -2.20.